The Balaban J connectivity index is 1.89. The van der Waals surface area contributed by atoms with Crippen LogP contribution >= 0.6 is 0 Å². The minimum Gasteiger partial charge on any atom is -0.450 e. The van der Waals surface area contributed by atoms with E-state index in [9.17, 15) is 4.79 Å². The van der Waals surface area contributed by atoms with Gasteiger partial charge in [0.15, 0.2) is 5.65 Å². The number of nitrogens with zero attached hydrogens (tertiary/aromatic N) is 3. The van der Waals surface area contributed by atoms with Gasteiger partial charge < -0.3 is 4.74 Å². The van der Waals surface area contributed by atoms with E-state index in [0.717, 1.165) is 22.2 Å². The Kier molecular flexibility index (Phi) is 3.46. The van der Waals surface area contributed by atoms with Gasteiger partial charge in [-0.3, -0.25) is 10.4 Å². The Labute approximate surface area is 120 Å². The lowest BCUT2D eigenvalue weighted by Gasteiger charge is -2.06. The first kappa shape index (κ1) is 13.0. The number of nitrogens with one attached hydrogen (secondary N) is 2. The number of hydrogen-bond acceptors (Lipinski definition) is 5. The Bertz CT molecular complexity index is 784. The van der Waals surface area contributed by atoms with Crippen LogP contribution in [-0.2, 0) is 4.74 Å². The summed E-state index contributed by atoms with van der Waals surface area (Å²) in [6.45, 7) is 2.06. The van der Waals surface area contributed by atoms with Gasteiger partial charge in [0.1, 0.15) is 5.82 Å². The fourth-order valence-corrected chi connectivity index (χ4v) is 1.94. The Morgan fingerprint density at radius 1 is 1.29 bits per heavy atom. The molecule has 0 aromatic carbocycles. The topological polar surface area (TPSA) is 92.8 Å². The van der Waals surface area contributed by atoms with E-state index in [2.05, 4.69) is 25.5 Å². The highest BCUT2D eigenvalue weighted by molar-refractivity contribution is 5.85. The second kappa shape index (κ2) is 5.58. The first-order valence-corrected chi connectivity index (χ1v) is 6.45. The third-order valence-electron chi connectivity index (χ3n) is 2.89. The molecule has 0 aliphatic rings. The zero-order valence-corrected chi connectivity index (χ0v) is 11.3. The van der Waals surface area contributed by atoms with E-state index < -0.39 is 6.09 Å². The van der Waals surface area contributed by atoms with Crippen molar-refractivity contribution in [1.29, 1.82) is 0 Å². The number of hydrogen-bond donors (Lipinski definition) is 2. The van der Waals surface area contributed by atoms with Gasteiger partial charge >= 0.3 is 6.09 Å². The van der Waals surface area contributed by atoms with E-state index in [0.29, 0.717) is 12.4 Å². The van der Waals surface area contributed by atoms with E-state index in [1.165, 1.54) is 0 Å². The lowest BCUT2D eigenvalue weighted by atomic mass is 10.1. The molecule has 2 N–H and O–H groups in total. The Morgan fingerprint density at radius 2 is 2.19 bits per heavy atom. The number of anilines is 1. The van der Waals surface area contributed by atoms with Crippen molar-refractivity contribution in [2.24, 2.45) is 0 Å². The summed E-state index contributed by atoms with van der Waals surface area (Å²) in [5.41, 5.74) is 2.54. The highest BCUT2D eigenvalue weighted by atomic mass is 16.5. The maximum Gasteiger partial charge on any atom is 0.412 e. The number of H-pyrrole nitrogens is 1. The summed E-state index contributed by atoms with van der Waals surface area (Å²) in [7, 11) is 0. The molecule has 0 radical (unpaired) electrons. The maximum absolute atomic E-state index is 11.4. The zero-order chi connectivity index (χ0) is 14.7. The number of pyridine rings is 2. The van der Waals surface area contributed by atoms with Gasteiger partial charge in [0.05, 0.1) is 12.8 Å². The molecule has 0 atom stereocenters. The second-order valence-corrected chi connectivity index (χ2v) is 4.31. The summed E-state index contributed by atoms with van der Waals surface area (Å²) in [5.74, 6) is 0.429. The van der Waals surface area contributed by atoms with Gasteiger partial charge in [0, 0.05) is 23.3 Å². The molecule has 0 unspecified atom stereocenters. The van der Waals surface area contributed by atoms with E-state index >= 15 is 0 Å². The molecule has 21 heavy (non-hydrogen) atoms. The number of carbonyl (C=O) groups is 1. The first-order valence-electron chi connectivity index (χ1n) is 6.45. The fourth-order valence-electron chi connectivity index (χ4n) is 1.94. The van der Waals surface area contributed by atoms with Crippen LogP contribution in [0.1, 0.15) is 6.92 Å². The molecule has 106 valence electrons. The van der Waals surface area contributed by atoms with E-state index in [1.54, 1.807) is 31.6 Å². The molecule has 3 heterocycles. The average molecular weight is 283 g/mol. The zero-order valence-electron chi connectivity index (χ0n) is 11.3. The number of fused-ring (bicyclic) bond motifs is 1. The van der Waals surface area contributed by atoms with Crippen molar-refractivity contribution in [3.8, 4) is 11.1 Å². The van der Waals surface area contributed by atoms with Crippen molar-refractivity contribution in [2.75, 3.05) is 11.9 Å². The number of amides is 1. The van der Waals surface area contributed by atoms with Gasteiger partial charge in [0.2, 0.25) is 0 Å². The van der Waals surface area contributed by atoms with Crippen LogP contribution in [0.5, 0.6) is 0 Å². The highest BCUT2D eigenvalue weighted by Gasteiger charge is 2.06. The van der Waals surface area contributed by atoms with Crippen LogP contribution in [-0.4, -0.2) is 32.9 Å². The van der Waals surface area contributed by atoms with Gasteiger partial charge in [-0.2, -0.15) is 5.10 Å². The molecule has 3 aromatic heterocycles. The Hall–Kier alpha value is -2.96. The van der Waals surface area contributed by atoms with Gasteiger partial charge in [-0.1, -0.05) is 0 Å². The summed E-state index contributed by atoms with van der Waals surface area (Å²) < 4.78 is 4.82. The number of rotatable bonds is 3. The summed E-state index contributed by atoms with van der Waals surface area (Å²) >= 11 is 0. The highest BCUT2D eigenvalue weighted by Crippen LogP contribution is 2.23. The molecule has 0 saturated carbocycles. The normalized spacial score (nSPS) is 10.5. The van der Waals surface area contributed by atoms with Crippen LogP contribution in [0.2, 0.25) is 0 Å². The van der Waals surface area contributed by atoms with Gasteiger partial charge in [-0.25, -0.2) is 14.8 Å². The maximum atomic E-state index is 11.4. The molecule has 0 aliphatic carbocycles. The van der Waals surface area contributed by atoms with E-state index in [-0.39, 0.29) is 0 Å². The molecule has 0 spiro atoms. The van der Waals surface area contributed by atoms with Crippen molar-refractivity contribution < 1.29 is 9.53 Å². The number of carbonyl (C=O) groups excluding carboxylic acids is 1. The van der Waals surface area contributed by atoms with Crippen molar-refractivity contribution in [1.82, 2.24) is 20.2 Å². The number of aromatic amines is 1. The summed E-state index contributed by atoms with van der Waals surface area (Å²) in [6, 6.07) is 5.58. The molecular weight excluding hydrogens is 270 g/mol. The molecule has 1 amide bonds. The minimum absolute atomic E-state index is 0.312. The predicted molar refractivity (Wildman–Crippen MR) is 77.8 cm³/mol. The number of aromatic nitrogens is 4. The van der Waals surface area contributed by atoms with Crippen molar-refractivity contribution in [2.45, 2.75) is 6.92 Å². The first-order chi connectivity index (χ1) is 10.3. The molecule has 3 aromatic rings. The van der Waals surface area contributed by atoms with Crippen LogP contribution in [0, 0.1) is 0 Å². The molecule has 7 nitrogen and oxygen atoms in total. The standard InChI is InChI=1S/C14H13N5O2/c1-2-21-14(20)18-12-6-9(3-4-15-12)10-5-11-8-17-19-13(11)16-7-10/h3-8H,2H2,1H3,(H,15,18,20)(H,16,17,19). The Morgan fingerprint density at radius 3 is 3.05 bits per heavy atom. The van der Waals surface area contributed by atoms with Crippen molar-refractivity contribution >= 4 is 22.9 Å². The smallest absolute Gasteiger partial charge is 0.412 e. The third kappa shape index (κ3) is 2.81. The molecule has 0 aliphatic heterocycles. The quantitative estimate of drug-likeness (QED) is 0.770. The minimum atomic E-state index is -0.523. The summed E-state index contributed by atoms with van der Waals surface area (Å²) in [6.07, 6.45) is 4.55. The van der Waals surface area contributed by atoms with Gasteiger partial charge in [-0.05, 0) is 30.7 Å². The van der Waals surface area contributed by atoms with Crippen LogP contribution in [0.4, 0.5) is 10.6 Å². The lowest BCUT2D eigenvalue weighted by Crippen LogP contribution is -2.14. The summed E-state index contributed by atoms with van der Waals surface area (Å²) in [5, 5.41) is 10.2. The lowest BCUT2D eigenvalue weighted by molar-refractivity contribution is 0.168. The second-order valence-electron chi connectivity index (χ2n) is 4.31. The van der Waals surface area contributed by atoms with E-state index in [1.807, 2.05) is 12.1 Å². The molecule has 0 fully saturated rings. The largest absolute Gasteiger partial charge is 0.450 e. The number of ether oxygens (including phenoxy) is 1. The monoisotopic (exact) mass is 283 g/mol. The van der Waals surface area contributed by atoms with Crippen LogP contribution in [0.3, 0.4) is 0 Å². The molecular formula is C14H13N5O2. The van der Waals surface area contributed by atoms with Crippen LogP contribution < -0.4 is 5.32 Å². The van der Waals surface area contributed by atoms with Crippen LogP contribution in [0.25, 0.3) is 22.2 Å². The predicted octanol–water partition coefficient (Wildman–Crippen LogP) is 2.59. The molecule has 7 heteroatoms. The van der Waals surface area contributed by atoms with Crippen molar-refractivity contribution in [3.63, 3.8) is 0 Å². The van der Waals surface area contributed by atoms with Crippen LogP contribution in [0.15, 0.2) is 36.8 Å². The fraction of sp³-hybridized carbons (Fsp3) is 0.143. The summed E-state index contributed by atoms with van der Waals surface area (Å²) in [4.78, 5) is 19.8. The molecule has 3 rings (SSSR count). The van der Waals surface area contributed by atoms with Gasteiger partial charge in [-0.15, -0.1) is 0 Å². The third-order valence-corrected chi connectivity index (χ3v) is 2.89. The van der Waals surface area contributed by atoms with E-state index in [4.69, 9.17) is 4.74 Å². The average Bonchev–Trinajstić information content (AvgIpc) is 2.95. The molecule has 0 bridgehead atoms. The SMILES string of the molecule is CCOC(=O)Nc1cc(-c2cnc3[nH]ncc3c2)ccn1. The molecule has 0 saturated heterocycles. The van der Waals surface area contributed by atoms with Gasteiger partial charge in [0.25, 0.3) is 0 Å². The van der Waals surface area contributed by atoms with Crippen molar-refractivity contribution in [3.05, 3.63) is 36.8 Å².